The lowest BCUT2D eigenvalue weighted by Crippen LogP contribution is -2.30. The number of hydrazine groups is 1. The van der Waals surface area contributed by atoms with Crippen molar-refractivity contribution in [3.05, 3.63) is 54.4 Å². The Morgan fingerprint density at radius 2 is 1.95 bits per heavy atom. The van der Waals surface area contributed by atoms with E-state index >= 15 is 0 Å². The normalized spacial score (nSPS) is 9.85. The highest BCUT2D eigenvalue weighted by Crippen LogP contribution is 2.17. The van der Waals surface area contributed by atoms with Crippen molar-refractivity contribution >= 4 is 5.91 Å². The molecule has 0 aliphatic rings. The van der Waals surface area contributed by atoms with E-state index in [-0.39, 0.29) is 0 Å². The first-order chi connectivity index (χ1) is 9.81. The van der Waals surface area contributed by atoms with Crippen molar-refractivity contribution in [2.45, 2.75) is 0 Å². The molecule has 1 heterocycles. The number of hydrogen-bond donors (Lipinski definition) is 2. The first-order valence-electron chi connectivity index (χ1n) is 6.07. The van der Waals surface area contributed by atoms with Gasteiger partial charge in [-0.05, 0) is 24.3 Å². The fourth-order valence-electron chi connectivity index (χ4n) is 1.60. The average molecular weight is 273 g/mol. The molecule has 0 unspecified atom stereocenters. The predicted molar refractivity (Wildman–Crippen MR) is 73.3 cm³/mol. The van der Waals surface area contributed by atoms with E-state index in [2.05, 4.69) is 10.4 Å². The van der Waals surface area contributed by atoms with Gasteiger partial charge >= 0.3 is 0 Å². The van der Waals surface area contributed by atoms with Crippen molar-refractivity contribution in [3.63, 3.8) is 0 Å². The molecule has 2 aromatic rings. The molecule has 0 bridgehead atoms. The Labute approximate surface area is 116 Å². The molecule has 0 saturated heterocycles. The molecule has 0 aliphatic carbocycles. The van der Waals surface area contributed by atoms with Crippen LogP contribution in [0.4, 0.5) is 0 Å². The smallest absolute Gasteiger partial charge is 0.268 e. The van der Waals surface area contributed by atoms with E-state index in [9.17, 15) is 4.79 Å². The maximum absolute atomic E-state index is 11.5. The number of hydrogen-bond acceptors (Lipinski definition) is 5. The van der Waals surface area contributed by atoms with Crippen molar-refractivity contribution in [1.29, 1.82) is 0 Å². The first-order valence-corrected chi connectivity index (χ1v) is 6.07. The Balaban J connectivity index is 1.87. The Morgan fingerprint density at radius 1 is 1.15 bits per heavy atom. The monoisotopic (exact) mass is 273 g/mol. The molecule has 6 heteroatoms. The van der Waals surface area contributed by atoms with Crippen LogP contribution >= 0.6 is 0 Å². The standard InChI is InChI=1S/C14H15N3O3/c15-17-14(18)12-5-1-2-6-13(12)20-9-8-19-11-4-3-7-16-10-11/h1-7,10H,8-9,15H2,(H,17,18). The molecule has 0 aliphatic heterocycles. The number of aromatic nitrogens is 1. The average Bonchev–Trinajstić information content (AvgIpc) is 2.52. The third kappa shape index (κ3) is 3.69. The van der Waals surface area contributed by atoms with E-state index in [1.807, 2.05) is 6.07 Å². The van der Waals surface area contributed by atoms with Crippen LogP contribution in [0, 0.1) is 0 Å². The minimum Gasteiger partial charge on any atom is -0.489 e. The number of rotatable bonds is 6. The van der Waals surface area contributed by atoms with Crippen LogP contribution in [0.1, 0.15) is 10.4 Å². The number of carbonyl (C=O) groups excluding carboxylic acids is 1. The van der Waals surface area contributed by atoms with Crippen LogP contribution < -0.4 is 20.7 Å². The number of benzene rings is 1. The molecule has 1 aromatic carbocycles. The zero-order valence-electron chi connectivity index (χ0n) is 10.8. The number of nitrogens with zero attached hydrogens (tertiary/aromatic N) is 1. The number of nitrogens with two attached hydrogens (primary N) is 1. The van der Waals surface area contributed by atoms with Crippen molar-refractivity contribution in [2.75, 3.05) is 13.2 Å². The molecule has 1 aromatic heterocycles. The number of pyridine rings is 1. The maximum Gasteiger partial charge on any atom is 0.268 e. The van der Waals surface area contributed by atoms with Crippen LogP contribution in [0.3, 0.4) is 0 Å². The molecule has 20 heavy (non-hydrogen) atoms. The van der Waals surface area contributed by atoms with Gasteiger partial charge in [-0.3, -0.25) is 15.2 Å². The van der Waals surface area contributed by atoms with Crippen LogP contribution in [-0.4, -0.2) is 24.1 Å². The number of amides is 1. The fourth-order valence-corrected chi connectivity index (χ4v) is 1.60. The van der Waals surface area contributed by atoms with Crippen LogP contribution in [0.2, 0.25) is 0 Å². The maximum atomic E-state index is 11.5. The summed E-state index contributed by atoms with van der Waals surface area (Å²) in [6, 6.07) is 10.5. The highest BCUT2D eigenvalue weighted by atomic mass is 16.5. The van der Waals surface area contributed by atoms with E-state index in [0.29, 0.717) is 30.3 Å². The SMILES string of the molecule is NNC(=O)c1ccccc1OCCOc1cccnc1. The fraction of sp³-hybridized carbons (Fsp3) is 0.143. The second kappa shape index (κ2) is 7.10. The zero-order valence-corrected chi connectivity index (χ0v) is 10.8. The molecule has 6 nitrogen and oxygen atoms in total. The van der Waals surface area contributed by atoms with E-state index in [0.717, 1.165) is 0 Å². The molecule has 0 atom stereocenters. The number of para-hydroxylation sites is 1. The number of ether oxygens (including phenoxy) is 2. The molecule has 3 N–H and O–H groups in total. The molecule has 1 amide bonds. The van der Waals surface area contributed by atoms with Crippen LogP contribution in [0.5, 0.6) is 11.5 Å². The molecule has 0 saturated carbocycles. The largest absolute Gasteiger partial charge is 0.489 e. The van der Waals surface area contributed by atoms with Gasteiger partial charge in [0, 0.05) is 6.20 Å². The topological polar surface area (TPSA) is 86.5 Å². The summed E-state index contributed by atoms with van der Waals surface area (Å²) in [4.78, 5) is 15.5. The van der Waals surface area contributed by atoms with Gasteiger partial charge in [0.15, 0.2) is 0 Å². The van der Waals surface area contributed by atoms with Gasteiger partial charge in [-0.25, -0.2) is 5.84 Å². The second-order valence-electron chi connectivity index (χ2n) is 3.86. The summed E-state index contributed by atoms with van der Waals surface area (Å²) in [5, 5.41) is 0. The summed E-state index contributed by atoms with van der Waals surface area (Å²) in [6.45, 7) is 0.661. The molecule has 0 spiro atoms. The summed E-state index contributed by atoms with van der Waals surface area (Å²) >= 11 is 0. The summed E-state index contributed by atoms with van der Waals surface area (Å²) in [7, 11) is 0. The van der Waals surface area contributed by atoms with E-state index < -0.39 is 5.91 Å². The van der Waals surface area contributed by atoms with Gasteiger partial charge in [0.1, 0.15) is 24.7 Å². The Bertz CT molecular complexity index is 561. The van der Waals surface area contributed by atoms with Gasteiger partial charge in [-0.1, -0.05) is 12.1 Å². The van der Waals surface area contributed by atoms with Gasteiger partial charge in [0.05, 0.1) is 11.8 Å². The third-order valence-corrected chi connectivity index (χ3v) is 2.51. The minimum atomic E-state index is -0.395. The lowest BCUT2D eigenvalue weighted by Gasteiger charge is -2.11. The van der Waals surface area contributed by atoms with Crippen molar-refractivity contribution in [3.8, 4) is 11.5 Å². The Morgan fingerprint density at radius 3 is 2.70 bits per heavy atom. The van der Waals surface area contributed by atoms with Crippen molar-refractivity contribution in [1.82, 2.24) is 10.4 Å². The zero-order chi connectivity index (χ0) is 14.2. The second-order valence-corrected chi connectivity index (χ2v) is 3.86. The molecule has 0 radical (unpaired) electrons. The van der Waals surface area contributed by atoms with Crippen LogP contribution in [-0.2, 0) is 0 Å². The van der Waals surface area contributed by atoms with Gasteiger partial charge in [0.2, 0.25) is 0 Å². The van der Waals surface area contributed by atoms with E-state index in [1.165, 1.54) is 0 Å². The predicted octanol–water partition coefficient (Wildman–Crippen LogP) is 1.14. The Hall–Kier alpha value is -2.60. The third-order valence-electron chi connectivity index (χ3n) is 2.51. The van der Waals surface area contributed by atoms with Crippen molar-refractivity contribution in [2.24, 2.45) is 5.84 Å². The minimum absolute atomic E-state index is 0.309. The molecule has 0 fully saturated rings. The van der Waals surface area contributed by atoms with E-state index in [4.69, 9.17) is 15.3 Å². The van der Waals surface area contributed by atoms with Gasteiger partial charge in [-0.2, -0.15) is 0 Å². The molecular formula is C14H15N3O3. The number of carbonyl (C=O) groups is 1. The summed E-state index contributed by atoms with van der Waals surface area (Å²) < 4.78 is 11.0. The van der Waals surface area contributed by atoms with Crippen molar-refractivity contribution < 1.29 is 14.3 Å². The highest BCUT2D eigenvalue weighted by Gasteiger charge is 2.10. The molecule has 2 rings (SSSR count). The summed E-state index contributed by atoms with van der Waals surface area (Å²) in [5.74, 6) is 5.86. The van der Waals surface area contributed by atoms with E-state index in [1.54, 1.807) is 42.7 Å². The lowest BCUT2D eigenvalue weighted by molar-refractivity contribution is 0.0948. The van der Waals surface area contributed by atoms with Gasteiger partial charge in [0.25, 0.3) is 5.91 Å². The molecular weight excluding hydrogens is 258 g/mol. The van der Waals surface area contributed by atoms with Crippen LogP contribution in [0.15, 0.2) is 48.8 Å². The van der Waals surface area contributed by atoms with Crippen LogP contribution in [0.25, 0.3) is 0 Å². The summed E-state index contributed by atoms with van der Waals surface area (Å²) in [6.07, 6.45) is 3.29. The summed E-state index contributed by atoms with van der Waals surface area (Å²) in [5.41, 5.74) is 2.47. The van der Waals surface area contributed by atoms with Gasteiger partial charge in [-0.15, -0.1) is 0 Å². The van der Waals surface area contributed by atoms with Gasteiger partial charge < -0.3 is 9.47 Å². The quantitative estimate of drug-likeness (QED) is 0.357. The number of nitrogens with one attached hydrogen (secondary N) is 1. The Kier molecular flexibility index (Phi) is 4.91. The highest BCUT2D eigenvalue weighted by molar-refractivity contribution is 5.96. The number of nitrogen functional groups attached to an aromatic ring is 1. The molecule has 104 valence electrons. The first kappa shape index (κ1) is 13.8. The lowest BCUT2D eigenvalue weighted by atomic mass is 10.2.